The minimum absolute atomic E-state index is 0.0740. The first-order valence-electron chi connectivity index (χ1n) is 9.37. The first-order chi connectivity index (χ1) is 14.5. The molecule has 150 valence electrons. The number of amides is 1. The van der Waals surface area contributed by atoms with Gasteiger partial charge in [0, 0.05) is 17.3 Å². The molecule has 0 aliphatic rings. The molecule has 0 fully saturated rings. The van der Waals surface area contributed by atoms with Crippen molar-refractivity contribution in [2.75, 3.05) is 11.9 Å². The molecule has 1 N–H and O–H groups in total. The molecule has 6 heteroatoms. The number of carbonyl (C=O) groups excluding carboxylic acids is 2. The molecule has 1 amide bonds. The number of benzene rings is 2. The second kappa shape index (κ2) is 9.39. The molecule has 3 aromatic rings. The molecule has 30 heavy (non-hydrogen) atoms. The monoisotopic (exact) mass is 400 g/mol. The van der Waals surface area contributed by atoms with Crippen molar-refractivity contribution in [3.05, 3.63) is 83.1 Å². The molecule has 0 saturated heterocycles. The number of furan rings is 1. The Balaban J connectivity index is 1.75. The fourth-order valence-corrected chi connectivity index (χ4v) is 2.78. The number of aryl methyl sites for hydroxylation is 1. The Bertz CT molecular complexity index is 1130. The lowest BCUT2D eigenvalue weighted by Gasteiger charge is -2.04. The van der Waals surface area contributed by atoms with Crippen LogP contribution in [-0.4, -0.2) is 18.5 Å². The Morgan fingerprint density at radius 1 is 1.13 bits per heavy atom. The van der Waals surface area contributed by atoms with Crippen LogP contribution in [0, 0.1) is 18.3 Å². The molecule has 1 heterocycles. The molecule has 0 radical (unpaired) electrons. The molecule has 0 saturated carbocycles. The number of hydrogen-bond acceptors (Lipinski definition) is 5. The van der Waals surface area contributed by atoms with Gasteiger partial charge in [-0.2, -0.15) is 5.26 Å². The molecule has 3 rings (SSSR count). The Hall–Kier alpha value is -4.11. The van der Waals surface area contributed by atoms with Crippen LogP contribution in [0.15, 0.2) is 70.7 Å². The van der Waals surface area contributed by atoms with Gasteiger partial charge in [0.2, 0.25) is 0 Å². The third-order valence-corrected chi connectivity index (χ3v) is 4.23. The Morgan fingerprint density at radius 3 is 2.57 bits per heavy atom. The van der Waals surface area contributed by atoms with Gasteiger partial charge in [-0.25, -0.2) is 4.79 Å². The van der Waals surface area contributed by atoms with Crippen molar-refractivity contribution in [2.24, 2.45) is 0 Å². The molecule has 6 nitrogen and oxygen atoms in total. The van der Waals surface area contributed by atoms with Gasteiger partial charge < -0.3 is 14.5 Å². The predicted molar refractivity (Wildman–Crippen MR) is 113 cm³/mol. The van der Waals surface area contributed by atoms with E-state index in [4.69, 9.17) is 9.15 Å². The van der Waals surface area contributed by atoms with Gasteiger partial charge in [0.1, 0.15) is 23.2 Å². The maximum atomic E-state index is 12.4. The normalized spacial score (nSPS) is 10.9. The van der Waals surface area contributed by atoms with Crippen LogP contribution < -0.4 is 5.32 Å². The minimum atomic E-state index is -0.514. The zero-order valence-corrected chi connectivity index (χ0v) is 16.6. The topological polar surface area (TPSA) is 92.3 Å². The van der Waals surface area contributed by atoms with E-state index in [9.17, 15) is 14.9 Å². The van der Waals surface area contributed by atoms with Crippen molar-refractivity contribution in [1.29, 1.82) is 5.26 Å². The summed E-state index contributed by atoms with van der Waals surface area (Å²) < 4.78 is 10.7. The molecule has 0 aliphatic heterocycles. The molecule has 0 bridgehead atoms. The van der Waals surface area contributed by atoms with Crippen LogP contribution in [0.3, 0.4) is 0 Å². The van der Waals surface area contributed by atoms with E-state index in [-0.39, 0.29) is 11.5 Å². The summed E-state index contributed by atoms with van der Waals surface area (Å²) in [6.07, 6.45) is 1.39. The summed E-state index contributed by atoms with van der Waals surface area (Å²) in [5.41, 5.74) is 2.75. The minimum Gasteiger partial charge on any atom is -0.462 e. The van der Waals surface area contributed by atoms with Crippen LogP contribution in [0.1, 0.15) is 28.6 Å². The van der Waals surface area contributed by atoms with Gasteiger partial charge in [0.05, 0.1) is 12.2 Å². The third kappa shape index (κ3) is 5.03. The van der Waals surface area contributed by atoms with E-state index in [1.807, 2.05) is 31.2 Å². The number of carbonyl (C=O) groups is 2. The van der Waals surface area contributed by atoms with Gasteiger partial charge in [-0.1, -0.05) is 24.3 Å². The number of rotatable bonds is 6. The Morgan fingerprint density at radius 2 is 1.90 bits per heavy atom. The van der Waals surface area contributed by atoms with E-state index in [1.54, 1.807) is 49.4 Å². The largest absolute Gasteiger partial charge is 0.462 e. The Kier molecular flexibility index (Phi) is 6.46. The lowest BCUT2D eigenvalue weighted by atomic mass is 10.1. The molecule has 0 unspecified atom stereocenters. The molecule has 0 spiro atoms. The highest BCUT2D eigenvalue weighted by atomic mass is 16.5. The maximum Gasteiger partial charge on any atom is 0.338 e. The highest BCUT2D eigenvalue weighted by molar-refractivity contribution is 6.09. The number of hydrogen-bond donors (Lipinski definition) is 1. The molecular weight excluding hydrogens is 380 g/mol. The van der Waals surface area contributed by atoms with Gasteiger partial charge in [0.25, 0.3) is 5.91 Å². The quantitative estimate of drug-likeness (QED) is 0.358. The van der Waals surface area contributed by atoms with E-state index in [2.05, 4.69) is 5.32 Å². The standard InChI is InChI=1S/C24H20N2O4/c1-3-29-24(28)18-9-7-17(8-10-18)22-12-11-21(30-22)14-19(15-25)23(27)26-20-6-4-5-16(2)13-20/h4-14H,3H2,1-2H3,(H,26,27)/b19-14+. The predicted octanol–water partition coefficient (Wildman–Crippen LogP) is 4.98. The van der Waals surface area contributed by atoms with Crippen LogP contribution in [0.4, 0.5) is 5.69 Å². The number of esters is 1. The summed E-state index contributed by atoms with van der Waals surface area (Å²) >= 11 is 0. The highest BCUT2D eigenvalue weighted by Crippen LogP contribution is 2.24. The molecule has 2 aromatic carbocycles. The van der Waals surface area contributed by atoms with E-state index in [0.29, 0.717) is 29.4 Å². The first-order valence-corrected chi connectivity index (χ1v) is 9.37. The van der Waals surface area contributed by atoms with Crippen LogP contribution in [-0.2, 0) is 9.53 Å². The zero-order chi connectivity index (χ0) is 21.5. The lowest BCUT2D eigenvalue weighted by molar-refractivity contribution is -0.112. The van der Waals surface area contributed by atoms with Crippen LogP contribution in [0.25, 0.3) is 17.4 Å². The lowest BCUT2D eigenvalue weighted by Crippen LogP contribution is -2.13. The van der Waals surface area contributed by atoms with Gasteiger partial charge in [-0.3, -0.25) is 4.79 Å². The van der Waals surface area contributed by atoms with Gasteiger partial charge in [-0.05, 0) is 55.8 Å². The summed E-state index contributed by atoms with van der Waals surface area (Å²) in [6, 6.07) is 19.4. The third-order valence-electron chi connectivity index (χ3n) is 4.23. The summed E-state index contributed by atoms with van der Waals surface area (Å²) in [6.45, 7) is 3.98. The maximum absolute atomic E-state index is 12.4. The number of nitriles is 1. The molecular formula is C24H20N2O4. The van der Waals surface area contributed by atoms with Crippen molar-refractivity contribution in [2.45, 2.75) is 13.8 Å². The fraction of sp³-hybridized carbons (Fsp3) is 0.125. The van der Waals surface area contributed by atoms with E-state index >= 15 is 0 Å². The van der Waals surface area contributed by atoms with Crippen LogP contribution in [0.5, 0.6) is 0 Å². The first kappa shape index (κ1) is 20.6. The number of nitrogens with zero attached hydrogens (tertiary/aromatic N) is 1. The number of anilines is 1. The summed E-state index contributed by atoms with van der Waals surface area (Å²) in [7, 11) is 0. The van der Waals surface area contributed by atoms with Crippen molar-refractivity contribution >= 4 is 23.6 Å². The summed E-state index contributed by atoms with van der Waals surface area (Å²) in [5.74, 6) is 0.0219. The zero-order valence-electron chi connectivity index (χ0n) is 16.6. The SMILES string of the molecule is CCOC(=O)c1ccc(-c2ccc(/C=C(\C#N)C(=O)Nc3cccc(C)c3)o2)cc1. The highest BCUT2D eigenvalue weighted by Gasteiger charge is 2.12. The van der Waals surface area contributed by atoms with E-state index in [1.165, 1.54) is 6.08 Å². The number of nitrogens with one attached hydrogen (secondary N) is 1. The smallest absolute Gasteiger partial charge is 0.338 e. The summed E-state index contributed by atoms with van der Waals surface area (Å²) in [5, 5.41) is 12.1. The second-order valence-electron chi connectivity index (χ2n) is 6.49. The van der Waals surface area contributed by atoms with Crippen molar-refractivity contribution in [3.8, 4) is 17.4 Å². The van der Waals surface area contributed by atoms with Crippen LogP contribution in [0.2, 0.25) is 0 Å². The summed E-state index contributed by atoms with van der Waals surface area (Å²) in [4.78, 5) is 24.1. The molecule has 0 atom stereocenters. The average Bonchev–Trinajstić information content (AvgIpc) is 3.21. The van der Waals surface area contributed by atoms with Gasteiger partial charge in [0.15, 0.2) is 0 Å². The van der Waals surface area contributed by atoms with Gasteiger partial charge >= 0.3 is 5.97 Å². The van der Waals surface area contributed by atoms with E-state index < -0.39 is 5.91 Å². The average molecular weight is 400 g/mol. The molecule has 0 aliphatic carbocycles. The van der Waals surface area contributed by atoms with Crippen molar-refractivity contribution < 1.29 is 18.7 Å². The fourth-order valence-electron chi connectivity index (χ4n) is 2.78. The number of ether oxygens (including phenoxy) is 1. The van der Waals surface area contributed by atoms with Crippen molar-refractivity contribution in [1.82, 2.24) is 0 Å². The van der Waals surface area contributed by atoms with Gasteiger partial charge in [-0.15, -0.1) is 0 Å². The van der Waals surface area contributed by atoms with Crippen molar-refractivity contribution in [3.63, 3.8) is 0 Å². The van der Waals surface area contributed by atoms with E-state index in [0.717, 1.165) is 11.1 Å². The molecule has 1 aromatic heterocycles. The van der Waals surface area contributed by atoms with Crippen LogP contribution >= 0.6 is 0 Å². The Labute approximate surface area is 174 Å². The second-order valence-corrected chi connectivity index (χ2v) is 6.49.